The molecule has 1 atom stereocenters. The predicted molar refractivity (Wildman–Crippen MR) is 53.0 cm³/mol. The molecule has 2 heteroatoms. The molecule has 1 unspecified atom stereocenters. The molecule has 0 amide bonds. The van der Waals surface area contributed by atoms with Crippen molar-refractivity contribution in [1.82, 2.24) is 10.6 Å². The van der Waals surface area contributed by atoms with Gasteiger partial charge < -0.3 is 10.6 Å². The molecule has 2 nitrogen and oxygen atoms in total. The van der Waals surface area contributed by atoms with Crippen molar-refractivity contribution in [2.24, 2.45) is 0 Å². The van der Waals surface area contributed by atoms with Crippen molar-refractivity contribution in [1.29, 1.82) is 0 Å². The summed E-state index contributed by atoms with van der Waals surface area (Å²) in [6.07, 6.45) is 3.86. The highest BCUT2D eigenvalue weighted by Crippen LogP contribution is 1.98. The number of nitrogens with one attached hydrogen (secondary N) is 2. The van der Waals surface area contributed by atoms with Crippen molar-refractivity contribution in [2.75, 3.05) is 21.1 Å². The first-order valence-electron chi connectivity index (χ1n) is 4.52. The Kier molecular flexibility index (Phi) is 15.4. The van der Waals surface area contributed by atoms with E-state index in [1.165, 1.54) is 19.3 Å². The minimum Gasteiger partial charge on any atom is -0.323 e. The number of rotatable bonds is 4. The molecular formula is C9H24N2. The Morgan fingerprint density at radius 1 is 1.09 bits per heavy atom. The van der Waals surface area contributed by atoms with Gasteiger partial charge in [0.2, 0.25) is 0 Å². The molecule has 0 aromatic carbocycles. The Bertz CT molecular complexity index is 51.5. The average Bonchev–Trinajstić information content (AvgIpc) is 2.02. The highest BCUT2D eigenvalue weighted by molar-refractivity contribution is 4.59. The second-order valence-electron chi connectivity index (χ2n) is 2.68. The van der Waals surface area contributed by atoms with Crippen LogP contribution < -0.4 is 10.6 Å². The lowest BCUT2D eigenvalue weighted by Gasteiger charge is -2.10. The molecule has 0 aliphatic rings. The molecule has 70 valence electrons. The molecule has 0 spiro atoms. The third kappa shape index (κ3) is 13.0. The van der Waals surface area contributed by atoms with E-state index in [4.69, 9.17) is 0 Å². The first kappa shape index (κ1) is 13.5. The fourth-order valence-electron chi connectivity index (χ4n) is 0.901. The molecule has 0 aromatic rings. The monoisotopic (exact) mass is 160 g/mol. The van der Waals surface area contributed by atoms with Gasteiger partial charge in [0.05, 0.1) is 0 Å². The van der Waals surface area contributed by atoms with E-state index in [0.717, 1.165) is 6.04 Å². The van der Waals surface area contributed by atoms with Gasteiger partial charge in [-0.1, -0.05) is 20.3 Å². The maximum Gasteiger partial charge on any atom is 0.00613 e. The van der Waals surface area contributed by atoms with Crippen LogP contribution in [0.3, 0.4) is 0 Å². The maximum absolute atomic E-state index is 3.25. The summed E-state index contributed by atoms with van der Waals surface area (Å²) < 4.78 is 0. The highest BCUT2D eigenvalue weighted by atomic mass is 14.9. The Morgan fingerprint density at radius 3 is 1.64 bits per heavy atom. The summed E-state index contributed by atoms with van der Waals surface area (Å²) in [6, 6.07) is 0.750. The molecule has 0 heterocycles. The summed E-state index contributed by atoms with van der Waals surface area (Å²) in [5.74, 6) is 0. The van der Waals surface area contributed by atoms with E-state index in [0.29, 0.717) is 0 Å². The topological polar surface area (TPSA) is 24.1 Å². The third-order valence-corrected chi connectivity index (χ3v) is 1.54. The summed E-state index contributed by atoms with van der Waals surface area (Å²) >= 11 is 0. The molecule has 0 aliphatic carbocycles. The van der Waals surface area contributed by atoms with Crippen LogP contribution in [0, 0.1) is 0 Å². The molecule has 0 radical (unpaired) electrons. The summed E-state index contributed by atoms with van der Waals surface area (Å²) in [5, 5.41) is 6.00. The summed E-state index contributed by atoms with van der Waals surface area (Å²) in [5.41, 5.74) is 0. The highest BCUT2D eigenvalue weighted by Gasteiger charge is 1.97. The fourth-order valence-corrected chi connectivity index (χ4v) is 0.901. The van der Waals surface area contributed by atoms with Crippen molar-refractivity contribution in [3.63, 3.8) is 0 Å². The molecule has 0 saturated carbocycles. The second-order valence-corrected chi connectivity index (χ2v) is 2.68. The zero-order valence-electron chi connectivity index (χ0n) is 8.70. The first-order chi connectivity index (χ1) is 5.26. The summed E-state index contributed by atoms with van der Waals surface area (Å²) in [6.45, 7) is 4.44. The normalized spacial score (nSPS) is 11.7. The minimum atomic E-state index is 0.750. The molecule has 0 aromatic heterocycles. The Hall–Kier alpha value is -0.0800. The lowest BCUT2D eigenvalue weighted by Crippen LogP contribution is -2.23. The van der Waals surface area contributed by atoms with Gasteiger partial charge in [-0.3, -0.25) is 0 Å². The smallest absolute Gasteiger partial charge is 0.00613 e. The van der Waals surface area contributed by atoms with Crippen molar-refractivity contribution in [3.05, 3.63) is 0 Å². The average molecular weight is 160 g/mol. The van der Waals surface area contributed by atoms with Crippen LogP contribution in [0.25, 0.3) is 0 Å². The van der Waals surface area contributed by atoms with E-state index in [-0.39, 0.29) is 0 Å². The van der Waals surface area contributed by atoms with Crippen molar-refractivity contribution < 1.29 is 0 Å². The fraction of sp³-hybridized carbons (Fsp3) is 1.00. The molecule has 0 saturated heterocycles. The Labute approximate surface area is 71.8 Å². The molecule has 0 aliphatic heterocycles. The van der Waals surface area contributed by atoms with Crippen LogP contribution in [0.1, 0.15) is 33.1 Å². The van der Waals surface area contributed by atoms with Crippen molar-refractivity contribution >= 4 is 0 Å². The summed E-state index contributed by atoms with van der Waals surface area (Å²) in [4.78, 5) is 0. The van der Waals surface area contributed by atoms with Crippen LogP contribution in [0.2, 0.25) is 0 Å². The third-order valence-electron chi connectivity index (χ3n) is 1.54. The van der Waals surface area contributed by atoms with Gasteiger partial charge in [0.25, 0.3) is 0 Å². The van der Waals surface area contributed by atoms with Gasteiger partial charge in [0.1, 0.15) is 0 Å². The Balaban J connectivity index is 0. The van der Waals surface area contributed by atoms with Crippen molar-refractivity contribution in [3.8, 4) is 0 Å². The van der Waals surface area contributed by atoms with Gasteiger partial charge in [0, 0.05) is 6.04 Å². The zero-order chi connectivity index (χ0) is 9.11. The van der Waals surface area contributed by atoms with Gasteiger partial charge in [-0.2, -0.15) is 0 Å². The van der Waals surface area contributed by atoms with Crippen LogP contribution in [0.4, 0.5) is 0 Å². The van der Waals surface area contributed by atoms with Gasteiger partial charge in [-0.05, 0) is 34.0 Å². The first-order valence-corrected chi connectivity index (χ1v) is 4.52. The van der Waals surface area contributed by atoms with E-state index < -0.39 is 0 Å². The zero-order valence-corrected chi connectivity index (χ0v) is 8.70. The van der Waals surface area contributed by atoms with Crippen molar-refractivity contribution in [2.45, 2.75) is 39.2 Å². The SMILES string of the molecule is CCCC(CC)NC.CNC. The van der Waals surface area contributed by atoms with E-state index in [1.54, 1.807) is 0 Å². The number of hydrogen-bond donors (Lipinski definition) is 2. The lowest BCUT2D eigenvalue weighted by atomic mass is 10.1. The van der Waals surface area contributed by atoms with E-state index >= 15 is 0 Å². The van der Waals surface area contributed by atoms with Gasteiger partial charge in [-0.25, -0.2) is 0 Å². The van der Waals surface area contributed by atoms with E-state index in [2.05, 4.69) is 24.5 Å². The van der Waals surface area contributed by atoms with Gasteiger partial charge in [0.15, 0.2) is 0 Å². The quantitative estimate of drug-likeness (QED) is 0.653. The lowest BCUT2D eigenvalue weighted by molar-refractivity contribution is 0.503. The van der Waals surface area contributed by atoms with E-state index in [1.807, 2.05) is 21.1 Å². The molecule has 11 heavy (non-hydrogen) atoms. The standard InChI is InChI=1S/C7H17N.C2H7N/c1-4-6-7(5-2)8-3;1-3-2/h7-8H,4-6H2,1-3H3;3H,1-2H3. The molecule has 0 bridgehead atoms. The Morgan fingerprint density at radius 2 is 1.55 bits per heavy atom. The molecule has 2 N–H and O–H groups in total. The molecule has 0 fully saturated rings. The largest absolute Gasteiger partial charge is 0.323 e. The predicted octanol–water partition coefficient (Wildman–Crippen LogP) is 1.62. The van der Waals surface area contributed by atoms with Crippen LogP contribution in [0.15, 0.2) is 0 Å². The summed E-state index contributed by atoms with van der Waals surface area (Å²) in [7, 11) is 5.78. The van der Waals surface area contributed by atoms with E-state index in [9.17, 15) is 0 Å². The van der Waals surface area contributed by atoms with Gasteiger partial charge >= 0.3 is 0 Å². The molecular weight excluding hydrogens is 136 g/mol. The van der Waals surface area contributed by atoms with Crippen LogP contribution in [-0.4, -0.2) is 27.2 Å². The number of hydrogen-bond acceptors (Lipinski definition) is 2. The molecule has 0 rings (SSSR count). The maximum atomic E-state index is 3.25. The van der Waals surface area contributed by atoms with Crippen LogP contribution in [0.5, 0.6) is 0 Å². The minimum absolute atomic E-state index is 0.750. The van der Waals surface area contributed by atoms with Gasteiger partial charge in [-0.15, -0.1) is 0 Å². The van der Waals surface area contributed by atoms with Crippen LogP contribution >= 0.6 is 0 Å². The second kappa shape index (κ2) is 12.6. The van der Waals surface area contributed by atoms with Crippen LogP contribution in [-0.2, 0) is 0 Å².